The molecule has 174 valence electrons. The number of methoxy groups -OCH3 is 1. The first-order valence-corrected chi connectivity index (χ1v) is 10.6. The molecule has 0 fully saturated rings. The van der Waals surface area contributed by atoms with Gasteiger partial charge in [-0.3, -0.25) is 4.79 Å². The van der Waals surface area contributed by atoms with Crippen LogP contribution in [0.2, 0.25) is 0 Å². The first-order valence-electron chi connectivity index (χ1n) is 10.6. The number of alkyl carbamates (subject to hydrolysis) is 1. The second kappa shape index (κ2) is 12.9. The molecule has 3 N–H and O–H groups in total. The number of hydrogen-bond acceptors (Lipinski definition) is 6. The van der Waals surface area contributed by atoms with Crippen LogP contribution in [0.1, 0.15) is 46.6 Å². The maximum atomic E-state index is 12.7. The molecule has 1 rings (SSSR count). The highest BCUT2D eigenvalue weighted by Gasteiger charge is 2.34. The Morgan fingerprint density at radius 3 is 2.13 bits per heavy atom. The highest BCUT2D eigenvalue weighted by molar-refractivity contribution is 5.86. The Hall–Kier alpha value is -2.61. The van der Waals surface area contributed by atoms with Crippen molar-refractivity contribution in [2.75, 3.05) is 7.11 Å². The molecule has 0 aliphatic heterocycles. The molecular weight excluding hydrogens is 400 g/mol. The molecule has 0 radical (unpaired) electrons. The number of hydrogen-bond donors (Lipinski definition) is 3. The van der Waals surface area contributed by atoms with Crippen LogP contribution in [0.4, 0.5) is 4.79 Å². The molecule has 1 aromatic rings. The second-order valence-electron chi connectivity index (χ2n) is 8.47. The number of ether oxygens (including phenoxy) is 2. The Bertz CT molecular complexity index is 707. The van der Waals surface area contributed by atoms with Crippen molar-refractivity contribution in [1.29, 1.82) is 0 Å². The molecule has 0 aliphatic carbocycles. The Morgan fingerprint density at radius 1 is 1.00 bits per heavy atom. The third-order valence-electron chi connectivity index (χ3n) is 5.02. The van der Waals surface area contributed by atoms with Gasteiger partial charge in [0.1, 0.15) is 12.6 Å². The standard InChI is InChI=1S/C23H36N2O6/c1-14(2)12-18(22(28)30-6)24-21(27)16(5)20(26)19(15(3)4)25-23(29)31-13-17-10-8-7-9-11-17/h7-11,14-16,18-20,26H,12-13H2,1-6H3,(H,24,27)(H,25,29)/t16?,18-,19+,20?/m1/s1. The number of nitrogens with one attached hydrogen (secondary N) is 2. The van der Waals surface area contributed by atoms with Gasteiger partial charge in [-0.1, -0.05) is 65.0 Å². The van der Waals surface area contributed by atoms with E-state index in [0.29, 0.717) is 6.42 Å². The van der Waals surface area contributed by atoms with Crippen molar-refractivity contribution in [2.45, 2.75) is 65.8 Å². The van der Waals surface area contributed by atoms with Gasteiger partial charge in [0.25, 0.3) is 0 Å². The summed E-state index contributed by atoms with van der Waals surface area (Å²) in [6.07, 6.45) is -1.44. The van der Waals surface area contributed by atoms with E-state index in [9.17, 15) is 19.5 Å². The minimum Gasteiger partial charge on any atom is -0.467 e. The molecular formula is C23H36N2O6. The van der Waals surface area contributed by atoms with E-state index >= 15 is 0 Å². The summed E-state index contributed by atoms with van der Waals surface area (Å²) in [6, 6.07) is 7.72. The molecule has 8 nitrogen and oxygen atoms in total. The Balaban J connectivity index is 2.74. The van der Waals surface area contributed by atoms with Crippen LogP contribution in [0.25, 0.3) is 0 Å². The summed E-state index contributed by atoms with van der Waals surface area (Å²) in [4.78, 5) is 36.9. The average Bonchev–Trinajstić information content (AvgIpc) is 2.74. The summed E-state index contributed by atoms with van der Waals surface area (Å²) in [5, 5.41) is 16.1. The van der Waals surface area contributed by atoms with Gasteiger partial charge in [0, 0.05) is 0 Å². The van der Waals surface area contributed by atoms with Crippen LogP contribution < -0.4 is 10.6 Å². The molecule has 31 heavy (non-hydrogen) atoms. The highest BCUT2D eigenvalue weighted by atomic mass is 16.5. The fourth-order valence-electron chi connectivity index (χ4n) is 3.14. The zero-order valence-corrected chi connectivity index (χ0v) is 19.3. The summed E-state index contributed by atoms with van der Waals surface area (Å²) < 4.78 is 10.00. The Labute approximate surface area is 184 Å². The number of aliphatic hydroxyl groups excluding tert-OH is 1. The lowest BCUT2D eigenvalue weighted by Gasteiger charge is -2.31. The largest absolute Gasteiger partial charge is 0.467 e. The van der Waals surface area contributed by atoms with Crippen molar-refractivity contribution < 1.29 is 29.0 Å². The van der Waals surface area contributed by atoms with Crippen molar-refractivity contribution in [3.63, 3.8) is 0 Å². The zero-order chi connectivity index (χ0) is 23.6. The lowest BCUT2D eigenvalue weighted by Crippen LogP contribution is -2.54. The Morgan fingerprint density at radius 2 is 1.61 bits per heavy atom. The minimum atomic E-state index is -1.18. The van der Waals surface area contributed by atoms with Crippen LogP contribution in [0.5, 0.6) is 0 Å². The summed E-state index contributed by atoms with van der Waals surface area (Å²) in [7, 11) is 1.26. The average molecular weight is 437 g/mol. The van der Waals surface area contributed by atoms with Gasteiger partial charge in [-0.2, -0.15) is 0 Å². The van der Waals surface area contributed by atoms with Crippen molar-refractivity contribution in [1.82, 2.24) is 10.6 Å². The van der Waals surface area contributed by atoms with Crippen molar-refractivity contribution >= 4 is 18.0 Å². The smallest absolute Gasteiger partial charge is 0.407 e. The van der Waals surface area contributed by atoms with Gasteiger partial charge in [-0.25, -0.2) is 9.59 Å². The van der Waals surface area contributed by atoms with E-state index in [0.717, 1.165) is 5.56 Å². The predicted octanol–water partition coefficient (Wildman–Crippen LogP) is 2.64. The van der Waals surface area contributed by atoms with E-state index < -0.39 is 42.1 Å². The van der Waals surface area contributed by atoms with E-state index in [1.165, 1.54) is 7.11 Å². The zero-order valence-electron chi connectivity index (χ0n) is 19.3. The van der Waals surface area contributed by atoms with Gasteiger partial charge in [0.2, 0.25) is 5.91 Å². The van der Waals surface area contributed by atoms with Gasteiger partial charge < -0.3 is 25.2 Å². The maximum Gasteiger partial charge on any atom is 0.407 e. The number of benzene rings is 1. The van der Waals surface area contributed by atoms with Crippen LogP contribution in [0.3, 0.4) is 0 Å². The molecule has 1 aromatic carbocycles. The molecule has 0 spiro atoms. The van der Waals surface area contributed by atoms with Crippen molar-refractivity contribution in [3.05, 3.63) is 35.9 Å². The summed E-state index contributed by atoms with van der Waals surface area (Å²) >= 11 is 0. The van der Waals surface area contributed by atoms with E-state index in [4.69, 9.17) is 9.47 Å². The molecule has 4 atom stereocenters. The van der Waals surface area contributed by atoms with Crippen LogP contribution in [-0.4, -0.2) is 48.4 Å². The van der Waals surface area contributed by atoms with Crippen LogP contribution in [-0.2, 0) is 25.7 Å². The second-order valence-corrected chi connectivity index (χ2v) is 8.47. The highest BCUT2D eigenvalue weighted by Crippen LogP contribution is 2.16. The van der Waals surface area contributed by atoms with Crippen LogP contribution in [0.15, 0.2) is 30.3 Å². The van der Waals surface area contributed by atoms with Crippen LogP contribution in [0, 0.1) is 17.8 Å². The molecule has 0 aliphatic rings. The monoisotopic (exact) mass is 436 g/mol. The molecule has 0 bridgehead atoms. The van der Waals surface area contributed by atoms with Gasteiger partial charge >= 0.3 is 12.1 Å². The number of rotatable bonds is 11. The van der Waals surface area contributed by atoms with E-state index in [1.54, 1.807) is 6.92 Å². The van der Waals surface area contributed by atoms with Gasteiger partial charge in [0.05, 0.1) is 25.2 Å². The Kier molecular flexibility index (Phi) is 11.0. The number of carbonyl (C=O) groups is 3. The number of esters is 1. The fourth-order valence-corrected chi connectivity index (χ4v) is 3.14. The number of carbonyl (C=O) groups excluding carboxylic acids is 3. The summed E-state index contributed by atoms with van der Waals surface area (Å²) in [5.41, 5.74) is 0.839. The van der Waals surface area contributed by atoms with Crippen molar-refractivity contribution in [3.8, 4) is 0 Å². The molecule has 0 saturated heterocycles. The molecule has 0 heterocycles. The van der Waals surface area contributed by atoms with E-state index in [-0.39, 0.29) is 18.4 Å². The fraction of sp³-hybridized carbons (Fsp3) is 0.609. The first-order chi connectivity index (χ1) is 14.6. The predicted molar refractivity (Wildman–Crippen MR) is 117 cm³/mol. The number of amides is 2. The quantitative estimate of drug-likeness (QED) is 0.460. The molecule has 2 amide bonds. The molecule has 0 saturated carbocycles. The third-order valence-corrected chi connectivity index (χ3v) is 5.02. The maximum absolute atomic E-state index is 12.7. The van der Waals surface area contributed by atoms with Crippen LogP contribution >= 0.6 is 0 Å². The van der Waals surface area contributed by atoms with Gasteiger partial charge in [0.15, 0.2) is 0 Å². The van der Waals surface area contributed by atoms with Crippen molar-refractivity contribution in [2.24, 2.45) is 17.8 Å². The SMILES string of the molecule is COC(=O)[C@@H](CC(C)C)NC(=O)C(C)C(O)[C@@H](NC(=O)OCc1ccccc1)C(C)C. The lowest BCUT2D eigenvalue weighted by atomic mass is 9.89. The number of aliphatic hydroxyl groups is 1. The normalized spacial score (nSPS) is 15.0. The molecule has 8 heteroatoms. The molecule has 0 aromatic heterocycles. The van der Waals surface area contributed by atoms with E-state index in [2.05, 4.69) is 10.6 Å². The van der Waals surface area contributed by atoms with Gasteiger partial charge in [-0.15, -0.1) is 0 Å². The topological polar surface area (TPSA) is 114 Å². The summed E-state index contributed by atoms with van der Waals surface area (Å²) in [5.74, 6) is -1.91. The third kappa shape index (κ3) is 8.96. The molecule has 2 unspecified atom stereocenters. The first kappa shape index (κ1) is 26.4. The lowest BCUT2D eigenvalue weighted by molar-refractivity contribution is -0.146. The van der Waals surface area contributed by atoms with E-state index in [1.807, 2.05) is 58.0 Å². The van der Waals surface area contributed by atoms with Gasteiger partial charge in [-0.05, 0) is 23.8 Å². The minimum absolute atomic E-state index is 0.0969. The summed E-state index contributed by atoms with van der Waals surface area (Å²) in [6.45, 7) is 9.16.